The van der Waals surface area contributed by atoms with E-state index in [-0.39, 0.29) is 5.76 Å². The maximum atomic E-state index is 10.8. The summed E-state index contributed by atoms with van der Waals surface area (Å²) in [6, 6.07) is 10.4. The van der Waals surface area contributed by atoms with Gasteiger partial charge in [-0.15, -0.1) is 0 Å². The van der Waals surface area contributed by atoms with Gasteiger partial charge in [-0.25, -0.2) is 0 Å². The predicted octanol–water partition coefficient (Wildman–Crippen LogP) is 2.70. The number of amides is 1. The van der Waals surface area contributed by atoms with Crippen molar-refractivity contribution in [1.82, 2.24) is 0 Å². The molecule has 0 atom stereocenters. The summed E-state index contributed by atoms with van der Waals surface area (Å²) >= 11 is 5.97. The summed E-state index contributed by atoms with van der Waals surface area (Å²) in [5.41, 5.74) is 5.82. The Morgan fingerprint density at radius 1 is 1.20 bits per heavy atom. The molecule has 0 radical (unpaired) electrons. The molecule has 1 heterocycles. The van der Waals surface area contributed by atoms with Crippen LogP contribution < -0.4 is 5.73 Å². The highest BCUT2D eigenvalue weighted by molar-refractivity contribution is 6.33. The number of benzene rings is 1. The third kappa shape index (κ3) is 1.87. The topological polar surface area (TPSA) is 56.2 Å². The number of nitrogens with two attached hydrogens (primary N) is 1. The summed E-state index contributed by atoms with van der Waals surface area (Å²) < 4.78 is 5.25. The van der Waals surface area contributed by atoms with Crippen molar-refractivity contribution in [2.75, 3.05) is 0 Å². The molecule has 0 unspecified atom stereocenters. The number of primary amides is 1. The summed E-state index contributed by atoms with van der Waals surface area (Å²) in [5.74, 6) is 0.0765. The monoisotopic (exact) mass is 221 g/mol. The van der Waals surface area contributed by atoms with E-state index >= 15 is 0 Å². The van der Waals surface area contributed by atoms with Gasteiger partial charge in [-0.05, 0) is 24.3 Å². The molecule has 0 aliphatic rings. The van der Waals surface area contributed by atoms with Gasteiger partial charge in [-0.3, -0.25) is 4.79 Å². The number of furan rings is 1. The van der Waals surface area contributed by atoms with Crippen molar-refractivity contribution >= 4 is 17.5 Å². The lowest BCUT2D eigenvalue weighted by Crippen LogP contribution is -2.09. The molecular formula is C11H8ClNO2. The van der Waals surface area contributed by atoms with Crippen LogP contribution in [0.2, 0.25) is 5.02 Å². The smallest absolute Gasteiger partial charge is 0.284 e. The van der Waals surface area contributed by atoms with E-state index in [1.165, 1.54) is 6.07 Å². The molecule has 0 saturated carbocycles. The molecule has 2 rings (SSSR count). The molecule has 1 amide bonds. The molecule has 0 bridgehead atoms. The summed E-state index contributed by atoms with van der Waals surface area (Å²) in [5, 5.41) is 0.572. The van der Waals surface area contributed by atoms with Gasteiger partial charge in [-0.2, -0.15) is 0 Å². The molecule has 3 nitrogen and oxygen atoms in total. The second-order valence-electron chi connectivity index (χ2n) is 3.01. The van der Waals surface area contributed by atoms with Gasteiger partial charge in [0.2, 0.25) is 0 Å². The van der Waals surface area contributed by atoms with Gasteiger partial charge in [0.05, 0.1) is 5.02 Å². The second-order valence-corrected chi connectivity index (χ2v) is 3.42. The Labute approximate surface area is 91.5 Å². The molecule has 76 valence electrons. The largest absolute Gasteiger partial charge is 0.451 e. The summed E-state index contributed by atoms with van der Waals surface area (Å²) in [6.07, 6.45) is 0. The van der Waals surface area contributed by atoms with E-state index in [0.717, 1.165) is 5.56 Å². The van der Waals surface area contributed by atoms with Gasteiger partial charge in [-0.1, -0.05) is 23.7 Å². The Bertz CT molecular complexity index is 505. The van der Waals surface area contributed by atoms with E-state index in [9.17, 15) is 4.79 Å². The van der Waals surface area contributed by atoms with Crippen LogP contribution in [0.4, 0.5) is 0 Å². The maximum absolute atomic E-state index is 10.8. The maximum Gasteiger partial charge on any atom is 0.284 e. The SMILES string of the molecule is NC(=O)c1ccc(-c2ccccc2Cl)o1. The normalized spacial score (nSPS) is 10.2. The molecule has 0 spiro atoms. The first kappa shape index (κ1) is 9.80. The lowest BCUT2D eigenvalue weighted by atomic mass is 10.2. The quantitative estimate of drug-likeness (QED) is 0.848. The zero-order chi connectivity index (χ0) is 10.8. The number of carbonyl (C=O) groups is 1. The summed E-state index contributed by atoms with van der Waals surface area (Å²) in [7, 11) is 0. The third-order valence-corrected chi connectivity index (χ3v) is 2.32. The average molecular weight is 222 g/mol. The van der Waals surface area contributed by atoms with Crippen LogP contribution in [0.5, 0.6) is 0 Å². The van der Waals surface area contributed by atoms with Crippen molar-refractivity contribution in [3.63, 3.8) is 0 Å². The van der Waals surface area contributed by atoms with Crippen LogP contribution in [-0.4, -0.2) is 5.91 Å². The van der Waals surface area contributed by atoms with Crippen molar-refractivity contribution in [2.24, 2.45) is 5.73 Å². The van der Waals surface area contributed by atoms with Crippen LogP contribution in [0.3, 0.4) is 0 Å². The van der Waals surface area contributed by atoms with E-state index in [1.54, 1.807) is 12.1 Å². The first-order valence-corrected chi connectivity index (χ1v) is 4.71. The zero-order valence-electron chi connectivity index (χ0n) is 7.74. The fraction of sp³-hybridized carbons (Fsp3) is 0. The molecule has 0 aliphatic heterocycles. The van der Waals surface area contributed by atoms with E-state index in [4.69, 9.17) is 21.8 Å². The molecule has 4 heteroatoms. The van der Waals surface area contributed by atoms with Crippen molar-refractivity contribution in [3.05, 3.63) is 47.2 Å². The van der Waals surface area contributed by atoms with Gasteiger partial charge in [0.25, 0.3) is 5.91 Å². The van der Waals surface area contributed by atoms with Gasteiger partial charge in [0.1, 0.15) is 5.76 Å². The lowest BCUT2D eigenvalue weighted by molar-refractivity contribution is 0.0974. The molecule has 0 saturated heterocycles. The van der Waals surface area contributed by atoms with Gasteiger partial charge >= 0.3 is 0 Å². The second kappa shape index (κ2) is 3.79. The fourth-order valence-electron chi connectivity index (χ4n) is 1.28. The number of hydrogen-bond donors (Lipinski definition) is 1. The Morgan fingerprint density at radius 3 is 2.53 bits per heavy atom. The number of carbonyl (C=O) groups excluding carboxylic acids is 1. The predicted molar refractivity (Wildman–Crippen MR) is 57.7 cm³/mol. The molecule has 2 aromatic rings. The third-order valence-electron chi connectivity index (χ3n) is 1.99. The van der Waals surface area contributed by atoms with Crippen molar-refractivity contribution in [2.45, 2.75) is 0 Å². The number of hydrogen-bond acceptors (Lipinski definition) is 2. The Balaban J connectivity index is 2.46. The van der Waals surface area contributed by atoms with Crippen LogP contribution in [0.15, 0.2) is 40.8 Å². The minimum atomic E-state index is -0.590. The van der Waals surface area contributed by atoms with E-state index in [2.05, 4.69) is 0 Å². The number of halogens is 1. The van der Waals surface area contributed by atoms with Crippen LogP contribution in [0.1, 0.15) is 10.6 Å². The molecule has 2 N–H and O–H groups in total. The Hall–Kier alpha value is -1.74. The lowest BCUT2D eigenvalue weighted by Gasteiger charge is -1.98. The highest BCUT2D eigenvalue weighted by atomic mass is 35.5. The van der Waals surface area contributed by atoms with Crippen LogP contribution in [0.25, 0.3) is 11.3 Å². The van der Waals surface area contributed by atoms with Crippen molar-refractivity contribution < 1.29 is 9.21 Å². The van der Waals surface area contributed by atoms with E-state index in [0.29, 0.717) is 10.8 Å². The first-order chi connectivity index (χ1) is 7.18. The standard InChI is InChI=1S/C11H8ClNO2/c12-8-4-2-1-3-7(8)9-5-6-10(15-9)11(13)14/h1-6H,(H2,13,14). The fourth-order valence-corrected chi connectivity index (χ4v) is 1.50. The molecule has 1 aromatic carbocycles. The molecule has 0 fully saturated rings. The van der Waals surface area contributed by atoms with Gasteiger partial charge < -0.3 is 10.2 Å². The molecule has 0 aliphatic carbocycles. The first-order valence-electron chi connectivity index (χ1n) is 4.33. The molecule has 1 aromatic heterocycles. The van der Waals surface area contributed by atoms with Crippen molar-refractivity contribution in [3.8, 4) is 11.3 Å². The van der Waals surface area contributed by atoms with E-state index in [1.807, 2.05) is 18.2 Å². The van der Waals surface area contributed by atoms with Crippen LogP contribution >= 0.6 is 11.6 Å². The highest BCUT2D eigenvalue weighted by Crippen LogP contribution is 2.28. The van der Waals surface area contributed by atoms with Gasteiger partial charge in [0, 0.05) is 5.56 Å². The van der Waals surface area contributed by atoms with Crippen LogP contribution in [0, 0.1) is 0 Å². The van der Waals surface area contributed by atoms with Crippen LogP contribution in [-0.2, 0) is 0 Å². The minimum absolute atomic E-state index is 0.130. The average Bonchev–Trinajstić information content (AvgIpc) is 2.67. The molecule has 15 heavy (non-hydrogen) atoms. The minimum Gasteiger partial charge on any atom is -0.451 e. The van der Waals surface area contributed by atoms with Gasteiger partial charge in [0.15, 0.2) is 5.76 Å². The highest BCUT2D eigenvalue weighted by Gasteiger charge is 2.10. The zero-order valence-corrected chi connectivity index (χ0v) is 8.49. The van der Waals surface area contributed by atoms with E-state index < -0.39 is 5.91 Å². The molecular weight excluding hydrogens is 214 g/mol. The van der Waals surface area contributed by atoms with Crippen molar-refractivity contribution in [1.29, 1.82) is 0 Å². The summed E-state index contributed by atoms with van der Waals surface area (Å²) in [4.78, 5) is 10.8. The number of rotatable bonds is 2. The summed E-state index contributed by atoms with van der Waals surface area (Å²) in [6.45, 7) is 0. The Morgan fingerprint density at radius 2 is 1.93 bits per heavy atom. The Kier molecular flexibility index (Phi) is 2.47.